The molecule has 0 bridgehead atoms. The van der Waals surface area contributed by atoms with Gasteiger partial charge in [-0.3, -0.25) is 0 Å². The van der Waals surface area contributed by atoms with Crippen molar-refractivity contribution >= 4 is 97.9 Å². The Kier molecular flexibility index (Phi) is 3.53. The average molecular weight is 1020 g/mol. The molecule has 0 saturated heterocycles. The first kappa shape index (κ1) is 34.8. The maximum Gasteiger partial charge on any atom is 0.0645 e. The van der Waals surface area contributed by atoms with Crippen molar-refractivity contribution in [2.24, 2.45) is 11.8 Å². The summed E-state index contributed by atoms with van der Waals surface area (Å²) in [5.74, 6) is 12.8. The highest BCUT2D eigenvalue weighted by molar-refractivity contribution is 8.00. The van der Waals surface area contributed by atoms with Crippen molar-refractivity contribution in [2.45, 2.75) is 200 Å². The van der Waals surface area contributed by atoms with Gasteiger partial charge >= 0.3 is 0 Å². The highest BCUT2D eigenvalue weighted by Gasteiger charge is 2.90. The molecule has 22 atom stereocenters. The van der Waals surface area contributed by atoms with Gasteiger partial charge in [-0.25, -0.2) is 0 Å². The Labute approximate surface area is 457 Å². The predicted molar refractivity (Wildman–Crippen MR) is 313 cm³/mol. The second-order valence-electron chi connectivity index (χ2n) is 35.9. The van der Waals surface area contributed by atoms with Crippen molar-refractivity contribution in [2.75, 3.05) is 0 Å². The van der Waals surface area contributed by atoms with E-state index >= 15 is 0 Å². The summed E-state index contributed by atoms with van der Waals surface area (Å²) in [6, 6.07) is 3.11. The molecule has 1 saturated carbocycles. The predicted octanol–water partition coefficient (Wildman–Crippen LogP) is 18.4. The summed E-state index contributed by atoms with van der Waals surface area (Å²) in [4.78, 5) is 1.81. The molecule has 0 radical (unpaired) electrons. The van der Waals surface area contributed by atoms with Crippen LogP contribution in [0.1, 0.15) is 302 Å². The maximum atomic E-state index is 3.11. The summed E-state index contributed by atoms with van der Waals surface area (Å²) in [5, 5.41) is 30.7. The molecule has 0 nitrogen and oxygen atoms in total. The van der Waals surface area contributed by atoms with Gasteiger partial charge < -0.3 is 0 Å². The Balaban J connectivity index is 0.964. The third kappa shape index (κ3) is 2.09. The minimum atomic E-state index is -0.0586. The highest BCUT2D eigenvalue weighted by atomic mass is 32.2. The minimum Gasteiger partial charge on any atom is -0.112 e. The number of hydrogen-bond donors (Lipinski definition) is 0. The highest BCUT2D eigenvalue weighted by Crippen LogP contribution is 3.01. The van der Waals surface area contributed by atoms with Crippen LogP contribution in [-0.2, 0) is 26.4 Å². The smallest absolute Gasteiger partial charge is 0.0645 e. The van der Waals surface area contributed by atoms with Crippen LogP contribution < -0.4 is 0 Å². The van der Waals surface area contributed by atoms with Crippen molar-refractivity contribution in [3.8, 4) is 11.1 Å². The van der Waals surface area contributed by atoms with Crippen LogP contribution in [-0.4, -0.2) is 0 Å². The molecule has 0 amide bonds. The van der Waals surface area contributed by atoms with Crippen LogP contribution in [0.25, 0.3) is 97.3 Å². The summed E-state index contributed by atoms with van der Waals surface area (Å²) >= 11 is 2.66. The molecule has 11 aromatic carbocycles. The second kappa shape index (κ2) is 8.01. The standard InChI is InChI=1S/C78H48S/c1-74(2,3)11-10-12-73(72(76(7,8)9)67(11)75(4,5)6)79-78-70-63-57-47-35-27-19-15-13-14-17-21(19)29(35)39-33-25(17)26-18(14)22-20-16(13)24-23(15)31-37(27)45-51-41(31)42-32(24)38-28(20)36-30(22)40-34(26)44-43(33)55(49(39)57)65(70)66-56(44)50(40)58-48(36)54-46(38)52(42)60-59(51)68(61(63)53(45)47)77(12,78)69(60)62(54)64(58)71(66)78/h10,15,17,19,21,23,25,31,33,41-44,52,56,60,62,64,66,69,71H,1-9H3. The van der Waals surface area contributed by atoms with E-state index in [4.69, 9.17) is 0 Å². The lowest BCUT2D eigenvalue weighted by Gasteiger charge is -2.65. The van der Waals surface area contributed by atoms with Crippen molar-refractivity contribution in [3.63, 3.8) is 0 Å². The van der Waals surface area contributed by atoms with Gasteiger partial charge in [-0.15, -0.1) is 11.8 Å². The summed E-state index contributed by atoms with van der Waals surface area (Å²) < 4.78 is -0.0193. The molecule has 0 N–H and O–H groups in total. The largest absolute Gasteiger partial charge is 0.112 e. The van der Waals surface area contributed by atoms with Crippen LogP contribution in [0.15, 0.2) is 11.0 Å². The van der Waals surface area contributed by atoms with Crippen LogP contribution in [0, 0.1) is 11.8 Å². The van der Waals surface area contributed by atoms with E-state index in [0.29, 0.717) is 118 Å². The zero-order valence-electron chi connectivity index (χ0n) is 45.5. The summed E-state index contributed by atoms with van der Waals surface area (Å²) in [7, 11) is 0. The van der Waals surface area contributed by atoms with Gasteiger partial charge in [0.05, 0.1) is 4.75 Å². The molecule has 1 aliphatic heterocycles. The fraction of sp³-hybridized carbons (Fsp3) is 0.436. The molecule has 2 spiro atoms. The van der Waals surface area contributed by atoms with Crippen LogP contribution in [0.2, 0.25) is 0 Å². The Hall–Kier alpha value is -5.37. The van der Waals surface area contributed by atoms with Gasteiger partial charge in [0.25, 0.3) is 0 Å². The van der Waals surface area contributed by atoms with Crippen LogP contribution in [0.5, 0.6) is 0 Å². The number of benzene rings is 10. The van der Waals surface area contributed by atoms with E-state index in [-0.39, 0.29) is 26.4 Å². The SMILES string of the molecule is CC(C)(C)c1cc2c(c(C(C)(C)C)c1C(C)(C)C)SC13c4c5c6c7c8c9c%10c%11c%12c%13c%14c%15c(c%16c%13c%10c7c4-%16)C21C1C%15C2c4c7c%10c%13c%15c%16c%17c%18c%19c%20c%21c%22c%23c(c4c4c%22c%19c%16c%104)C2C%14C%12C%23C%21C%11C9C%20C%18C8C6C%17C%15C5C3C%13C71. The Bertz CT molecular complexity index is 5870. The average Bonchev–Trinajstić information content (AvgIpc) is 1.42. The fourth-order valence-corrected chi connectivity index (χ4v) is 36.4. The molecule has 22 aliphatic carbocycles. The zero-order valence-corrected chi connectivity index (χ0v) is 46.3. The molecule has 11 aromatic rings. The molecular weight excluding hydrogens is 969 g/mol. The lowest BCUT2D eigenvalue weighted by Crippen LogP contribution is -2.62. The van der Waals surface area contributed by atoms with Crippen molar-refractivity contribution in [3.05, 3.63) is 140 Å². The van der Waals surface area contributed by atoms with Gasteiger partial charge in [0.15, 0.2) is 0 Å². The first-order valence-electron chi connectivity index (χ1n) is 32.4. The summed E-state index contributed by atoms with van der Waals surface area (Å²) in [5.41, 5.74) is 51.6. The second-order valence-corrected chi connectivity index (χ2v) is 37.2. The maximum absolute atomic E-state index is 3.11. The van der Waals surface area contributed by atoms with Crippen LogP contribution >= 0.6 is 11.8 Å². The van der Waals surface area contributed by atoms with E-state index in [9.17, 15) is 0 Å². The molecule has 366 valence electrons. The minimum absolute atomic E-state index is 0.00140. The Morgan fingerprint density at radius 1 is 0.291 bits per heavy atom. The number of rotatable bonds is 0. The monoisotopic (exact) mass is 1020 g/mol. The van der Waals surface area contributed by atoms with E-state index in [1.54, 1.807) is 16.7 Å². The number of hydrogen-bond acceptors (Lipinski definition) is 1. The molecular formula is C78H48S. The summed E-state index contributed by atoms with van der Waals surface area (Å²) in [6.07, 6.45) is 0. The molecule has 0 aromatic heterocycles. The van der Waals surface area contributed by atoms with E-state index in [0.717, 1.165) is 0 Å². The third-order valence-electron chi connectivity index (χ3n) is 32.8. The van der Waals surface area contributed by atoms with Gasteiger partial charge in [-0.1, -0.05) is 68.4 Å². The normalized spacial score (nSPS) is 44.6. The molecule has 22 unspecified atom stereocenters. The first-order chi connectivity index (χ1) is 38.3. The van der Waals surface area contributed by atoms with Gasteiger partial charge in [-0.05, 0) is 365 Å². The zero-order chi connectivity index (χ0) is 49.3. The molecule has 34 rings (SSSR count). The summed E-state index contributed by atoms with van der Waals surface area (Å²) in [6.45, 7) is 23.7. The van der Waals surface area contributed by atoms with Gasteiger partial charge in [0.2, 0.25) is 0 Å². The van der Waals surface area contributed by atoms with Crippen LogP contribution in [0.4, 0.5) is 0 Å². The van der Waals surface area contributed by atoms with Gasteiger partial charge in [0, 0.05) is 10.3 Å². The molecule has 1 fully saturated rings. The van der Waals surface area contributed by atoms with Gasteiger partial charge in [0.1, 0.15) is 0 Å². The molecule has 1 heteroatoms. The Morgan fingerprint density at radius 2 is 0.582 bits per heavy atom. The lowest BCUT2D eigenvalue weighted by atomic mass is 9.39. The lowest BCUT2D eigenvalue weighted by molar-refractivity contribution is 0.0340. The van der Waals surface area contributed by atoms with Crippen molar-refractivity contribution in [1.82, 2.24) is 0 Å². The fourth-order valence-electron chi connectivity index (χ4n) is 34.0. The van der Waals surface area contributed by atoms with E-state index in [1.807, 2.05) is 208 Å². The number of fused-ring (bicyclic) bond motifs is 1. The van der Waals surface area contributed by atoms with E-state index in [1.165, 1.54) is 0 Å². The van der Waals surface area contributed by atoms with Crippen molar-refractivity contribution in [1.29, 1.82) is 0 Å². The molecule has 1 heterocycles. The third-order valence-corrected chi connectivity index (χ3v) is 34.5. The quantitative estimate of drug-likeness (QED) is 0.136. The van der Waals surface area contributed by atoms with Gasteiger partial charge in [-0.2, -0.15) is 0 Å². The molecule has 23 aliphatic rings. The number of thioether (sulfide) groups is 1. The van der Waals surface area contributed by atoms with Crippen molar-refractivity contribution < 1.29 is 0 Å². The topological polar surface area (TPSA) is 0 Å². The van der Waals surface area contributed by atoms with Crippen LogP contribution in [0.3, 0.4) is 0 Å². The van der Waals surface area contributed by atoms with E-state index in [2.05, 4.69) is 91.3 Å². The molecule has 79 heavy (non-hydrogen) atoms. The van der Waals surface area contributed by atoms with E-state index < -0.39 is 0 Å². The Morgan fingerprint density at radius 3 is 0.975 bits per heavy atom. The first-order valence-corrected chi connectivity index (χ1v) is 33.2.